The number of hydrogen-bond acceptors (Lipinski definition) is 5. The first-order chi connectivity index (χ1) is 11.6. The average molecular weight is 379 g/mol. The molecule has 0 saturated heterocycles. The van der Waals surface area contributed by atoms with Crippen molar-refractivity contribution in [2.24, 2.45) is 7.05 Å². The first-order valence-electron chi connectivity index (χ1n) is 6.97. The highest BCUT2D eigenvalue weighted by molar-refractivity contribution is 7.99. The fourth-order valence-corrected chi connectivity index (χ4v) is 3.17. The van der Waals surface area contributed by atoms with Gasteiger partial charge in [-0.15, -0.1) is 10.2 Å². The Balaban J connectivity index is 1.72. The maximum Gasteiger partial charge on any atom is 0.191 e. The Kier molecular flexibility index (Phi) is 5.18. The van der Waals surface area contributed by atoms with E-state index in [1.165, 1.54) is 11.8 Å². The monoisotopic (exact) mass is 378 g/mol. The number of benzene rings is 1. The fraction of sp³-hybridized carbons (Fsp3) is 0.125. The number of rotatable bonds is 5. The van der Waals surface area contributed by atoms with Crippen LogP contribution in [0.3, 0.4) is 0 Å². The molecule has 0 aliphatic rings. The van der Waals surface area contributed by atoms with Crippen LogP contribution < -0.4 is 0 Å². The molecule has 0 bridgehead atoms. The van der Waals surface area contributed by atoms with Crippen molar-refractivity contribution in [1.82, 2.24) is 19.7 Å². The van der Waals surface area contributed by atoms with E-state index in [0.29, 0.717) is 26.6 Å². The van der Waals surface area contributed by atoms with Gasteiger partial charge in [0, 0.05) is 30.6 Å². The molecule has 0 aliphatic carbocycles. The minimum atomic E-state index is -0.0514. The zero-order valence-corrected chi connectivity index (χ0v) is 14.9. The number of hydrogen-bond donors (Lipinski definition) is 0. The Morgan fingerprint density at radius 2 is 2.04 bits per heavy atom. The second kappa shape index (κ2) is 7.34. The van der Waals surface area contributed by atoms with E-state index in [-0.39, 0.29) is 11.5 Å². The molecule has 0 saturated carbocycles. The van der Waals surface area contributed by atoms with Gasteiger partial charge in [0.15, 0.2) is 16.8 Å². The lowest BCUT2D eigenvalue weighted by Gasteiger charge is -2.04. The summed E-state index contributed by atoms with van der Waals surface area (Å²) in [4.78, 5) is 16.4. The molecule has 0 N–H and O–H groups in total. The third-order valence-corrected chi connectivity index (χ3v) is 5.09. The lowest BCUT2D eigenvalue weighted by molar-refractivity contribution is 0.102. The van der Waals surface area contributed by atoms with E-state index in [2.05, 4.69) is 15.2 Å². The Labute approximate surface area is 153 Å². The van der Waals surface area contributed by atoms with E-state index in [1.54, 1.807) is 30.6 Å². The van der Waals surface area contributed by atoms with Crippen molar-refractivity contribution in [2.45, 2.75) is 5.16 Å². The molecule has 8 heteroatoms. The molecule has 2 heterocycles. The number of carbonyl (C=O) groups excluding carboxylic acids is 1. The van der Waals surface area contributed by atoms with Crippen LogP contribution in [0.4, 0.5) is 0 Å². The van der Waals surface area contributed by atoms with E-state index < -0.39 is 0 Å². The van der Waals surface area contributed by atoms with E-state index in [1.807, 2.05) is 23.7 Å². The average Bonchev–Trinajstić information content (AvgIpc) is 2.96. The molecule has 0 unspecified atom stereocenters. The zero-order chi connectivity index (χ0) is 17.1. The Morgan fingerprint density at radius 1 is 1.21 bits per heavy atom. The summed E-state index contributed by atoms with van der Waals surface area (Å²) < 4.78 is 1.84. The molecule has 3 aromatic rings. The fourth-order valence-electron chi connectivity index (χ4n) is 2.07. The number of pyridine rings is 1. The maximum atomic E-state index is 12.3. The molecule has 0 amide bonds. The van der Waals surface area contributed by atoms with Crippen LogP contribution in [0.25, 0.3) is 11.4 Å². The highest BCUT2D eigenvalue weighted by Crippen LogP contribution is 2.25. The predicted molar refractivity (Wildman–Crippen MR) is 95.8 cm³/mol. The topological polar surface area (TPSA) is 60.7 Å². The Hall–Kier alpha value is -1.89. The standard InChI is InChI=1S/C16H12Cl2N4OS/c1-22-15(11-3-2-6-19-8-11)20-21-16(22)24-9-14(23)10-4-5-12(17)13(18)7-10/h2-8H,9H2,1H3. The summed E-state index contributed by atoms with van der Waals surface area (Å²) in [5, 5.41) is 9.75. The van der Waals surface area contributed by atoms with Crippen LogP contribution in [-0.2, 0) is 7.05 Å². The van der Waals surface area contributed by atoms with Crippen LogP contribution in [0.2, 0.25) is 10.0 Å². The van der Waals surface area contributed by atoms with Gasteiger partial charge in [-0.25, -0.2) is 0 Å². The summed E-state index contributed by atoms with van der Waals surface area (Å²) >= 11 is 13.1. The predicted octanol–water partition coefficient (Wildman–Crippen LogP) is 4.16. The molecule has 122 valence electrons. The largest absolute Gasteiger partial charge is 0.305 e. The zero-order valence-electron chi connectivity index (χ0n) is 12.6. The number of halogens is 2. The lowest BCUT2D eigenvalue weighted by atomic mass is 10.1. The molecule has 24 heavy (non-hydrogen) atoms. The number of ketones is 1. The summed E-state index contributed by atoms with van der Waals surface area (Å²) in [6, 6.07) is 8.60. The number of thioether (sulfide) groups is 1. The molecule has 0 aliphatic heterocycles. The van der Waals surface area contributed by atoms with E-state index in [4.69, 9.17) is 23.2 Å². The molecule has 0 radical (unpaired) electrons. The van der Waals surface area contributed by atoms with Crippen LogP contribution in [0.15, 0.2) is 47.9 Å². The maximum absolute atomic E-state index is 12.3. The first kappa shape index (κ1) is 17.0. The summed E-state index contributed by atoms with van der Waals surface area (Å²) in [5.74, 6) is 0.883. The minimum absolute atomic E-state index is 0.0514. The van der Waals surface area contributed by atoms with E-state index in [0.717, 1.165) is 5.56 Å². The molecule has 2 aromatic heterocycles. The Morgan fingerprint density at radius 3 is 2.75 bits per heavy atom. The van der Waals surface area contributed by atoms with Crippen molar-refractivity contribution in [3.63, 3.8) is 0 Å². The number of nitrogens with zero attached hydrogens (tertiary/aromatic N) is 4. The van der Waals surface area contributed by atoms with Crippen molar-refractivity contribution < 1.29 is 4.79 Å². The molecular weight excluding hydrogens is 367 g/mol. The summed E-state index contributed by atoms with van der Waals surface area (Å²) in [6.45, 7) is 0. The second-order valence-electron chi connectivity index (χ2n) is 4.95. The summed E-state index contributed by atoms with van der Waals surface area (Å²) in [7, 11) is 1.86. The lowest BCUT2D eigenvalue weighted by Crippen LogP contribution is -2.04. The van der Waals surface area contributed by atoms with Gasteiger partial charge in [-0.1, -0.05) is 35.0 Å². The molecule has 3 rings (SSSR count). The van der Waals surface area contributed by atoms with E-state index in [9.17, 15) is 4.79 Å². The molecule has 0 fully saturated rings. The number of carbonyl (C=O) groups is 1. The van der Waals surface area contributed by atoms with Gasteiger partial charge in [0.1, 0.15) is 0 Å². The van der Waals surface area contributed by atoms with Gasteiger partial charge in [-0.05, 0) is 30.3 Å². The second-order valence-corrected chi connectivity index (χ2v) is 6.70. The van der Waals surface area contributed by atoms with Gasteiger partial charge in [0.25, 0.3) is 0 Å². The van der Waals surface area contributed by atoms with Gasteiger partial charge < -0.3 is 4.57 Å². The number of aromatic nitrogens is 4. The van der Waals surface area contributed by atoms with Crippen LogP contribution in [0.1, 0.15) is 10.4 Å². The summed E-state index contributed by atoms with van der Waals surface area (Å²) in [6.07, 6.45) is 3.42. The van der Waals surface area contributed by atoms with Crippen molar-refractivity contribution in [1.29, 1.82) is 0 Å². The minimum Gasteiger partial charge on any atom is -0.305 e. The van der Waals surface area contributed by atoms with E-state index >= 15 is 0 Å². The molecule has 0 spiro atoms. The third kappa shape index (κ3) is 3.61. The highest BCUT2D eigenvalue weighted by Gasteiger charge is 2.14. The molecule has 5 nitrogen and oxygen atoms in total. The molecular formula is C16H12Cl2N4OS. The third-order valence-electron chi connectivity index (χ3n) is 3.33. The summed E-state index contributed by atoms with van der Waals surface area (Å²) in [5.41, 5.74) is 1.39. The van der Waals surface area contributed by atoms with Gasteiger partial charge in [-0.3, -0.25) is 9.78 Å². The smallest absolute Gasteiger partial charge is 0.191 e. The van der Waals surface area contributed by atoms with Gasteiger partial charge in [0.05, 0.1) is 15.8 Å². The molecule has 0 atom stereocenters. The van der Waals surface area contributed by atoms with Crippen molar-refractivity contribution in [3.8, 4) is 11.4 Å². The highest BCUT2D eigenvalue weighted by atomic mass is 35.5. The normalized spacial score (nSPS) is 10.8. The number of Topliss-reactive ketones (excluding diaryl/α,β-unsaturated/α-hetero) is 1. The molecule has 1 aromatic carbocycles. The van der Waals surface area contributed by atoms with Gasteiger partial charge >= 0.3 is 0 Å². The van der Waals surface area contributed by atoms with Gasteiger partial charge in [0.2, 0.25) is 0 Å². The Bertz CT molecular complexity index is 883. The quantitative estimate of drug-likeness (QED) is 0.492. The van der Waals surface area contributed by atoms with Crippen molar-refractivity contribution in [3.05, 3.63) is 58.3 Å². The van der Waals surface area contributed by atoms with Crippen LogP contribution in [0, 0.1) is 0 Å². The van der Waals surface area contributed by atoms with Crippen molar-refractivity contribution >= 4 is 40.7 Å². The van der Waals surface area contributed by atoms with Crippen LogP contribution in [-0.4, -0.2) is 31.3 Å². The first-order valence-corrected chi connectivity index (χ1v) is 8.71. The SMILES string of the molecule is Cn1c(SCC(=O)c2ccc(Cl)c(Cl)c2)nnc1-c1cccnc1. The van der Waals surface area contributed by atoms with Crippen LogP contribution >= 0.6 is 35.0 Å². The van der Waals surface area contributed by atoms with Gasteiger partial charge in [-0.2, -0.15) is 0 Å². The van der Waals surface area contributed by atoms with Crippen molar-refractivity contribution in [2.75, 3.05) is 5.75 Å². The van der Waals surface area contributed by atoms with Crippen LogP contribution in [0.5, 0.6) is 0 Å².